The van der Waals surface area contributed by atoms with Crippen LogP contribution in [0, 0.1) is 11.3 Å². The zero-order valence-electron chi connectivity index (χ0n) is 28.3. The number of carboxylic acid groups (broad SMARTS) is 1. The standard InChI is InChI=1S/C36H47N7O6/c1-25-32(27-11-5-3-6-12-27)49-35(39-25)42-19-20-43(30(24-42)33(44)38-23-26-14-15-28(22-37)31(21-26)48-2)34(45)29(40-36(46)47)13-7-10-18-41-16-8-4-9-17-41/h3,5-6,11-12,14-15,21,25,29-30,32,40H,4,7-10,13,16-20,23-24H2,1-2H3,(H,38,44)(H,46,47)/t25-,29+,30-,32+/m0/s1. The second-order valence-electron chi connectivity index (χ2n) is 12.9. The molecule has 262 valence electrons. The van der Waals surface area contributed by atoms with Gasteiger partial charge in [0.05, 0.1) is 25.3 Å². The fourth-order valence-corrected chi connectivity index (χ4v) is 6.79. The number of carbonyl (C=O) groups is 3. The molecule has 2 fully saturated rings. The van der Waals surface area contributed by atoms with Crippen LogP contribution < -0.4 is 15.4 Å². The van der Waals surface area contributed by atoms with Gasteiger partial charge in [-0.25, -0.2) is 9.79 Å². The van der Waals surface area contributed by atoms with Crippen molar-refractivity contribution < 1.29 is 29.0 Å². The molecule has 3 amide bonds. The molecule has 3 aliphatic rings. The SMILES string of the molecule is COc1cc(CNC(=O)[C@@H]2CN(C3=N[C@@H](C)[C@H](c4ccccc4)O3)CCN2C(=O)[C@@H](CCCCN2CCCCC2)NC(=O)O)ccc1C#N. The fraction of sp³-hybridized carbons (Fsp3) is 0.528. The van der Waals surface area contributed by atoms with Crippen molar-refractivity contribution >= 4 is 23.9 Å². The predicted molar refractivity (Wildman–Crippen MR) is 183 cm³/mol. The first-order chi connectivity index (χ1) is 23.8. The Morgan fingerprint density at radius 3 is 2.57 bits per heavy atom. The lowest BCUT2D eigenvalue weighted by molar-refractivity contribution is -0.145. The first kappa shape index (κ1) is 35.5. The van der Waals surface area contributed by atoms with Crippen molar-refractivity contribution in [3.8, 4) is 11.8 Å². The minimum atomic E-state index is -1.28. The Hall–Kier alpha value is -4.83. The smallest absolute Gasteiger partial charge is 0.405 e. The molecular formula is C36H47N7O6. The third kappa shape index (κ3) is 9.20. The number of likely N-dealkylation sites (tertiary alicyclic amines) is 1. The summed E-state index contributed by atoms with van der Waals surface area (Å²) in [5.41, 5.74) is 2.10. The molecule has 0 spiro atoms. The Labute approximate surface area is 287 Å². The molecule has 3 N–H and O–H groups in total. The molecule has 13 heteroatoms. The van der Waals surface area contributed by atoms with Crippen LogP contribution in [0.4, 0.5) is 4.79 Å². The van der Waals surface area contributed by atoms with E-state index in [9.17, 15) is 24.8 Å². The van der Waals surface area contributed by atoms with Gasteiger partial charge in [0, 0.05) is 19.6 Å². The summed E-state index contributed by atoms with van der Waals surface area (Å²) < 4.78 is 11.6. The summed E-state index contributed by atoms with van der Waals surface area (Å²) in [4.78, 5) is 50.4. The largest absolute Gasteiger partial charge is 0.495 e. The molecule has 0 unspecified atom stereocenters. The highest BCUT2D eigenvalue weighted by Crippen LogP contribution is 2.30. The number of amidine groups is 1. The van der Waals surface area contributed by atoms with E-state index in [1.807, 2.05) is 42.2 Å². The number of nitriles is 1. The fourth-order valence-electron chi connectivity index (χ4n) is 6.79. The number of rotatable bonds is 12. The van der Waals surface area contributed by atoms with Crippen LogP contribution in [0.3, 0.4) is 0 Å². The molecule has 4 atom stereocenters. The van der Waals surface area contributed by atoms with Gasteiger partial charge in [-0.3, -0.25) is 9.59 Å². The molecule has 0 bridgehead atoms. The third-order valence-corrected chi connectivity index (χ3v) is 9.46. The van der Waals surface area contributed by atoms with Crippen LogP contribution in [0.2, 0.25) is 0 Å². The Balaban J connectivity index is 1.30. The molecule has 3 heterocycles. The molecule has 0 saturated carbocycles. The van der Waals surface area contributed by atoms with Crippen LogP contribution >= 0.6 is 0 Å². The van der Waals surface area contributed by atoms with Crippen LogP contribution in [0.25, 0.3) is 0 Å². The number of nitrogens with one attached hydrogen (secondary N) is 2. The number of methoxy groups -OCH3 is 1. The van der Waals surface area contributed by atoms with E-state index in [4.69, 9.17) is 14.5 Å². The summed E-state index contributed by atoms with van der Waals surface area (Å²) in [6.07, 6.45) is 3.96. The van der Waals surface area contributed by atoms with Gasteiger partial charge in [0.15, 0.2) is 0 Å². The van der Waals surface area contributed by atoms with Gasteiger partial charge in [0.25, 0.3) is 6.02 Å². The first-order valence-corrected chi connectivity index (χ1v) is 17.2. The third-order valence-electron chi connectivity index (χ3n) is 9.46. The van der Waals surface area contributed by atoms with Crippen molar-refractivity contribution in [2.45, 2.75) is 76.2 Å². The number of aliphatic imine (C=N–C) groups is 1. The number of benzene rings is 2. The van der Waals surface area contributed by atoms with Gasteiger partial charge in [-0.2, -0.15) is 5.26 Å². The van der Waals surface area contributed by atoms with E-state index in [-0.39, 0.29) is 31.8 Å². The average Bonchev–Trinajstić information content (AvgIpc) is 3.53. The summed E-state index contributed by atoms with van der Waals surface area (Å²) in [5.74, 6) is -0.423. The number of ether oxygens (including phenoxy) is 2. The second kappa shape index (κ2) is 17.0. The Morgan fingerprint density at radius 2 is 1.86 bits per heavy atom. The van der Waals surface area contributed by atoms with Gasteiger partial charge in [-0.15, -0.1) is 0 Å². The van der Waals surface area contributed by atoms with E-state index in [0.29, 0.717) is 36.7 Å². The summed E-state index contributed by atoms with van der Waals surface area (Å²) >= 11 is 0. The maximum Gasteiger partial charge on any atom is 0.405 e. The highest BCUT2D eigenvalue weighted by molar-refractivity contribution is 5.92. The molecule has 0 radical (unpaired) electrons. The van der Waals surface area contributed by atoms with E-state index in [1.54, 1.807) is 18.2 Å². The number of amides is 3. The summed E-state index contributed by atoms with van der Waals surface area (Å²) in [5, 5.41) is 24.4. The van der Waals surface area contributed by atoms with Gasteiger partial charge in [0.2, 0.25) is 11.8 Å². The number of hydrogen-bond acceptors (Lipinski definition) is 9. The monoisotopic (exact) mass is 673 g/mol. The minimum Gasteiger partial charge on any atom is -0.495 e. The van der Waals surface area contributed by atoms with E-state index in [1.165, 1.54) is 31.3 Å². The average molecular weight is 674 g/mol. The van der Waals surface area contributed by atoms with Crippen LogP contribution in [0.5, 0.6) is 5.75 Å². The molecule has 13 nitrogen and oxygen atoms in total. The van der Waals surface area contributed by atoms with Gasteiger partial charge < -0.3 is 39.9 Å². The van der Waals surface area contributed by atoms with Crippen LogP contribution in [-0.4, -0.2) is 108 Å². The van der Waals surface area contributed by atoms with Crippen molar-refractivity contribution in [3.63, 3.8) is 0 Å². The molecule has 49 heavy (non-hydrogen) atoms. The van der Waals surface area contributed by atoms with Gasteiger partial charge >= 0.3 is 6.09 Å². The number of piperidine rings is 1. The van der Waals surface area contributed by atoms with Crippen molar-refractivity contribution in [1.29, 1.82) is 5.26 Å². The molecule has 2 aromatic carbocycles. The Kier molecular flexibility index (Phi) is 12.3. The van der Waals surface area contributed by atoms with Gasteiger partial charge in [-0.1, -0.05) is 42.8 Å². The number of nitrogens with zero attached hydrogens (tertiary/aromatic N) is 5. The van der Waals surface area contributed by atoms with Crippen molar-refractivity contribution in [2.75, 3.05) is 46.4 Å². The van der Waals surface area contributed by atoms with E-state index < -0.39 is 30.0 Å². The lowest BCUT2D eigenvalue weighted by Gasteiger charge is -2.42. The molecular weight excluding hydrogens is 626 g/mol. The summed E-state index contributed by atoms with van der Waals surface area (Å²) in [6.45, 7) is 5.85. The topological polar surface area (TPSA) is 160 Å². The van der Waals surface area contributed by atoms with E-state index in [0.717, 1.165) is 37.2 Å². The number of hydrogen-bond donors (Lipinski definition) is 3. The summed E-state index contributed by atoms with van der Waals surface area (Å²) in [7, 11) is 1.48. The molecule has 2 saturated heterocycles. The Bertz CT molecular complexity index is 1520. The highest BCUT2D eigenvalue weighted by atomic mass is 16.5. The van der Waals surface area contributed by atoms with E-state index in [2.05, 4.69) is 21.6 Å². The molecule has 0 aromatic heterocycles. The lowest BCUT2D eigenvalue weighted by atomic mass is 10.0. The second-order valence-corrected chi connectivity index (χ2v) is 12.9. The molecule has 5 rings (SSSR count). The number of carbonyl (C=O) groups excluding carboxylic acids is 2. The van der Waals surface area contributed by atoms with Crippen molar-refractivity contribution in [2.24, 2.45) is 4.99 Å². The zero-order chi connectivity index (χ0) is 34.8. The maximum atomic E-state index is 14.1. The van der Waals surface area contributed by atoms with E-state index >= 15 is 0 Å². The predicted octanol–water partition coefficient (Wildman–Crippen LogP) is 3.50. The molecule has 3 aliphatic heterocycles. The lowest BCUT2D eigenvalue weighted by Crippen LogP contribution is -2.64. The van der Waals surface area contributed by atoms with Crippen molar-refractivity contribution in [3.05, 3.63) is 65.2 Å². The van der Waals surface area contributed by atoms with Crippen molar-refractivity contribution in [1.82, 2.24) is 25.3 Å². The quantitative estimate of drug-likeness (QED) is 0.287. The van der Waals surface area contributed by atoms with Gasteiger partial charge in [0.1, 0.15) is 30.0 Å². The van der Waals surface area contributed by atoms with Crippen LogP contribution in [-0.2, 0) is 20.9 Å². The normalized spacial score (nSPS) is 21.6. The van der Waals surface area contributed by atoms with Crippen LogP contribution in [0.15, 0.2) is 53.5 Å². The number of piperazine rings is 1. The summed E-state index contributed by atoms with van der Waals surface area (Å²) in [6, 6.07) is 15.3. The minimum absolute atomic E-state index is 0.121. The van der Waals surface area contributed by atoms with Crippen LogP contribution in [0.1, 0.15) is 68.2 Å². The highest BCUT2D eigenvalue weighted by Gasteiger charge is 2.41. The Morgan fingerprint density at radius 1 is 1.08 bits per heavy atom. The molecule has 2 aromatic rings. The maximum absolute atomic E-state index is 14.1. The zero-order valence-corrected chi connectivity index (χ0v) is 28.3. The first-order valence-electron chi connectivity index (χ1n) is 17.2. The molecule has 0 aliphatic carbocycles. The number of unbranched alkanes of at least 4 members (excludes halogenated alkanes) is 1. The van der Waals surface area contributed by atoms with Gasteiger partial charge in [-0.05, 0) is 81.9 Å².